The van der Waals surface area contributed by atoms with Crippen LogP contribution in [0, 0.1) is 13.8 Å². The van der Waals surface area contributed by atoms with Crippen LogP contribution in [-0.4, -0.2) is 25.7 Å². The molecule has 0 aliphatic rings. The van der Waals surface area contributed by atoms with Crippen molar-refractivity contribution in [1.82, 2.24) is 19.1 Å². The normalized spacial score (nSPS) is 10.7. The van der Waals surface area contributed by atoms with Gasteiger partial charge in [-0.1, -0.05) is 4.49 Å². The predicted octanol–water partition coefficient (Wildman–Crippen LogP) is 1.83. The fraction of sp³-hybridized carbons (Fsp3) is 0.500. The van der Waals surface area contributed by atoms with Gasteiger partial charge in [0.05, 0.1) is 18.6 Å². The van der Waals surface area contributed by atoms with Crippen molar-refractivity contribution < 1.29 is 0 Å². The van der Waals surface area contributed by atoms with Gasteiger partial charge in [0.1, 0.15) is 10.7 Å². The van der Waals surface area contributed by atoms with Crippen molar-refractivity contribution in [2.75, 3.05) is 11.9 Å². The zero-order chi connectivity index (χ0) is 11.5. The second kappa shape index (κ2) is 4.61. The van der Waals surface area contributed by atoms with E-state index >= 15 is 0 Å². The first-order valence-corrected chi connectivity index (χ1v) is 6.03. The third kappa shape index (κ3) is 2.06. The minimum atomic E-state index is 0.728. The Morgan fingerprint density at radius 2 is 2.25 bits per heavy atom. The Morgan fingerprint density at radius 1 is 1.44 bits per heavy atom. The average molecular weight is 237 g/mol. The van der Waals surface area contributed by atoms with E-state index in [9.17, 15) is 0 Å². The lowest BCUT2D eigenvalue weighted by molar-refractivity contribution is 0.744. The van der Waals surface area contributed by atoms with Gasteiger partial charge in [0.15, 0.2) is 0 Å². The van der Waals surface area contributed by atoms with Gasteiger partial charge in [0.2, 0.25) is 0 Å². The second-order valence-electron chi connectivity index (χ2n) is 3.62. The molecule has 6 heteroatoms. The third-order valence-electron chi connectivity index (χ3n) is 2.56. The summed E-state index contributed by atoms with van der Waals surface area (Å²) in [6.07, 6.45) is 1.85. The number of aryl methyl sites for hydroxylation is 1. The number of aromatic nitrogens is 4. The number of nitrogens with zero attached hydrogens (tertiary/aromatic N) is 4. The molecule has 2 aromatic rings. The van der Waals surface area contributed by atoms with Gasteiger partial charge in [-0.05, 0) is 20.8 Å². The van der Waals surface area contributed by atoms with Gasteiger partial charge >= 0.3 is 0 Å². The maximum absolute atomic E-state index is 4.27. The highest BCUT2D eigenvalue weighted by Crippen LogP contribution is 2.19. The van der Waals surface area contributed by atoms with E-state index < -0.39 is 0 Å². The summed E-state index contributed by atoms with van der Waals surface area (Å²) in [4.78, 5) is 4.27. The van der Waals surface area contributed by atoms with Gasteiger partial charge in [0.25, 0.3) is 0 Å². The highest BCUT2D eigenvalue weighted by molar-refractivity contribution is 7.10. The van der Waals surface area contributed by atoms with Crippen LogP contribution in [0.2, 0.25) is 0 Å². The van der Waals surface area contributed by atoms with Gasteiger partial charge in [0, 0.05) is 23.8 Å². The Morgan fingerprint density at radius 3 is 2.88 bits per heavy atom. The van der Waals surface area contributed by atoms with E-state index in [1.165, 1.54) is 17.2 Å². The molecule has 0 saturated carbocycles. The highest BCUT2D eigenvalue weighted by Gasteiger charge is 2.09. The molecule has 0 radical (unpaired) electrons. The number of nitrogens with one attached hydrogen (secondary N) is 1. The molecule has 2 rings (SSSR count). The summed E-state index contributed by atoms with van der Waals surface area (Å²) >= 11 is 1.40. The van der Waals surface area contributed by atoms with E-state index in [1.54, 1.807) is 0 Å². The smallest absolute Gasteiger partial charge is 0.135 e. The van der Waals surface area contributed by atoms with Crippen LogP contribution in [0.3, 0.4) is 0 Å². The van der Waals surface area contributed by atoms with Crippen LogP contribution >= 0.6 is 11.5 Å². The largest absolute Gasteiger partial charge is 0.374 e. The Kier molecular flexibility index (Phi) is 3.19. The van der Waals surface area contributed by atoms with Gasteiger partial charge < -0.3 is 9.88 Å². The first-order chi connectivity index (χ1) is 7.72. The van der Waals surface area contributed by atoms with Crippen molar-refractivity contribution in [3.63, 3.8) is 0 Å². The van der Waals surface area contributed by atoms with Crippen LogP contribution in [0.4, 0.5) is 5.00 Å². The molecule has 0 saturated heterocycles. The third-order valence-corrected chi connectivity index (χ3v) is 3.28. The van der Waals surface area contributed by atoms with Crippen LogP contribution in [0.25, 0.3) is 0 Å². The molecule has 0 spiro atoms. The molecule has 1 N–H and O–H groups in total. The van der Waals surface area contributed by atoms with Crippen LogP contribution in [0.5, 0.6) is 0 Å². The fourth-order valence-electron chi connectivity index (χ4n) is 1.47. The molecule has 86 valence electrons. The van der Waals surface area contributed by atoms with Gasteiger partial charge in [-0.3, -0.25) is 0 Å². The zero-order valence-electron chi connectivity index (χ0n) is 9.69. The lowest BCUT2D eigenvalue weighted by atomic mass is 10.3. The first-order valence-electron chi connectivity index (χ1n) is 5.25. The molecule has 2 aromatic heterocycles. The first kappa shape index (κ1) is 11.1. The molecule has 0 bridgehead atoms. The number of rotatable bonds is 4. The molecule has 2 heterocycles. The summed E-state index contributed by atoms with van der Waals surface area (Å²) in [5.74, 6) is 0. The molecule has 0 unspecified atom stereocenters. The summed E-state index contributed by atoms with van der Waals surface area (Å²) in [7, 11) is 0. The number of anilines is 1. The fourth-order valence-corrected chi connectivity index (χ4v) is 2.11. The Labute approximate surface area is 98.7 Å². The van der Waals surface area contributed by atoms with Crippen molar-refractivity contribution >= 4 is 16.5 Å². The topological polar surface area (TPSA) is 55.6 Å². The highest BCUT2D eigenvalue weighted by atomic mass is 32.1. The van der Waals surface area contributed by atoms with Gasteiger partial charge in [-0.2, -0.15) is 0 Å². The average Bonchev–Trinajstić information content (AvgIpc) is 2.82. The summed E-state index contributed by atoms with van der Waals surface area (Å²) < 4.78 is 6.06. The summed E-state index contributed by atoms with van der Waals surface area (Å²) in [5.41, 5.74) is 3.22. The van der Waals surface area contributed by atoms with Crippen LogP contribution in [-0.2, 0) is 6.54 Å². The molecular formula is C10H15N5S. The van der Waals surface area contributed by atoms with E-state index in [0.717, 1.165) is 29.5 Å². The monoisotopic (exact) mass is 237 g/mol. The molecule has 0 aliphatic heterocycles. The van der Waals surface area contributed by atoms with Crippen molar-refractivity contribution in [3.05, 3.63) is 23.4 Å². The van der Waals surface area contributed by atoms with E-state index in [-0.39, 0.29) is 0 Å². The maximum Gasteiger partial charge on any atom is 0.135 e. The maximum atomic E-state index is 4.27. The van der Waals surface area contributed by atoms with Gasteiger partial charge in [-0.15, -0.1) is 5.10 Å². The minimum absolute atomic E-state index is 0.728. The Balaban J connectivity index is 2.20. The summed E-state index contributed by atoms with van der Waals surface area (Å²) in [5, 5.41) is 8.45. The lowest BCUT2D eigenvalue weighted by Gasteiger charge is -2.05. The van der Waals surface area contributed by atoms with Crippen molar-refractivity contribution in [1.29, 1.82) is 0 Å². The molecule has 0 amide bonds. The number of imidazole rings is 1. The quantitative estimate of drug-likeness (QED) is 0.881. The molecule has 5 nitrogen and oxygen atoms in total. The number of hydrogen-bond donors (Lipinski definition) is 1. The summed E-state index contributed by atoms with van der Waals surface area (Å²) in [6, 6.07) is 0. The zero-order valence-corrected chi connectivity index (χ0v) is 10.5. The van der Waals surface area contributed by atoms with Crippen LogP contribution in [0.1, 0.15) is 24.0 Å². The molecular weight excluding hydrogens is 222 g/mol. The summed E-state index contributed by atoms with van der Waals surface area (Å²) in [6.45, 7) is 7.76. The number of hydrogen-bond acceptors (Lipinski definition) is 5. The predicted molar refractivity (Wildman–Crippen MR) is 64.9 cm³/mol. The minimum Gasteiger partial charge on any atom is -0.374 e. The van der Waals surface area contributed by atoms with Gasteiger partial charge in [-0.25, -0.2) is 4.98 Å². The molecule has 0 aliphatic carbocycles. The molecule has 0 aromatic carbocycles. The SMILES string of the molecule is CCNc1snnc1Cn1cnc(C)c1C. The van der Waals surface area contributed by atoms with Crippen LogP contribution in [0.15, 0.2) is 6.33 Å². The molecule has 16 heavy (non-hydrogen) atoms. The Bertz CT molecular complexity index is 473. The van der Waals surface area contributed by atoms with E-state index in [1.807, 2.05) is 13.3 Å². The Hall–Kier alpha value is -1.43. The van der Waals surface area contributed by atoms with E-state index in [0.29, 0.717) is 0 Å². The second-order valence-corrected chi connectivity index (χ2v) is 4.38. The van der Waals surface area contributed by atoms with Crippen LogP contribution < -0.4 is 5.32 Å². The standard InChI is InChI=1S/C10H15N5S/c1-4-11-10-9(13-14-16-10)5-15-6-12-7(2)8(15)3/h6,11H,4-5H2,1-3H3. The molecule has 0 fully saturated rings. The van der Waals surface area contributed by atoms with Crippen molar-refractivity contribution in [3.8, 4) is 0 Å². The van der Waals surface area contributed by atoms with Crippen molar-refractivity contribution in [2.24, 2.45) is 0 Å². The van der Waals surface area contributed by atoms with E-state index in [2.05, 4.69) is 38.3 Å². The lowest BCUT2D eigenvalue weighted by Crippen LogP contribution is -2.05. The molecule has 0 atom stereocenters. The van der Waals surface area contributed by atoms with Crippen molar-refractivity contribution in [2.45, 2.75) is 27.3 Å². The van der Waals surface area contributed by atoms with E-state index in [4.69, 9.17) is 0 Å².